The molecule has 1 radical (unpaired) electrons. The van der Waals surface area contributed by atoms with E-state index in [1.165, 1.54) is 12.8 Å². The summed E-state index contributed by atoms with van der Waals surface area (Å²) in [6.07, 6.45) is 3.65. The molecule has 1 atom stereocenters. The maximum absolute atomic E-state index is 11.5. The van der Waals surface area contributed by atoms with Crippen molar-refractivity contribution < 1.29 is 4.79 Å². The van der Waals surface area contributed by atoms with Gasteiger partial charge in [0.15, 0.2) is 0 Å². The average molecular weight is 182 g/mol. The number of nitrogens with zero attached hydrogens (tertiary/aromatic N) is 2. The highest BCUT2D eigenvalue weighted by Gasteiger charge is 2.27. The first-order valence-electron chi connectivity index (χ1n) is 5.05. The maximum atomic E-state index is 11.5. The molecule has 2 aliphatic rings. The van der Waals surface area contributed by atoms with Crippen LogP contribution in [-0.2, 0) is 4.79 Å². The molecule has 0 aromatic rings. The first-order valence-corrected chi connectivity index (χ1v) is 5.05. The van der Waals surface area contributed by atoms with Gasteiger partial charge in [0.1, 0.15) is 0 Å². The highest BCUT2D eigenvalue weighted by Crippen LogP contribution is 2.13. The first-order chi connectivity index (χ1) is 6.38. The summed E-state index contributed by atoms with van der Waals surface area (Å²) in [7, 11) is 0. The molecule has 2 rings (SSSR count). The van der Waals surface area contributed by atoms with Crippen molar-refractivity contribution in [2.75, 3.05) is 26.2 Å². The summed E-state index contributed by atoms with van der Waals surface area (Å²) in [5.74, 6) is 0.210. The van der Waals surface area contributed by atoms with Crippen LogP contribution in [-0.4, -0.2) is 43.2 Å². The molecular weight excluding hydrogens is 166 g/mol. The van der Waals surface area contributed by atoms with Crippen LogP contribution in [0, 0.1) is 0 Å². The third kappa shape index (κ3) is 2.00. The van der Waals surface area contributed by atoms with Crippen molar-refractivity contribution in [1.82, 2.24) is 15.5 Å². The second-order valence-electron chi connectivity index (χ2n) is 3.65. The van der Waals surface area contributed by atoms with E-state index >= 15 is 0 Å². The van der Waals surface area contributed by atoms with Crippen LogP contribution in [0.5, 0.6) is 0 Å². The molecule has 0 aliphatic carbocycles. The van der Waals surface area contributed by atoms with Crippen molar-refractivity contribution >= 4 is 5.91 Å². The smallest absolute Gasteiger partial charge is 0.237 e. The molecule has 0 spiro atoms. The Morgan fingerprint density at radius 3 is 3.08 bits per heavy atom. The molecule has 0 aromatic carbocycles. The van der Waals surface area contributed by atoms with Gasteiger partial charge in [-0.3, -0.25) is 4.79 Å². The highest BCUT2D eigenvalue weighted by atomic mass is 16.2. The van der Waals surface area contributed by atoms with Gasteiger partial charge in [0.2, 0.25) is 5.91 Å². The average Bonchev–Trinajstić information content (AvgIpc) is 2.20. The van der Waals surface area contributed by atoms with Crippen molar-refractivity contribution in [3.8, 4) is 0 Å². The van der Waals surface area contributed by atoms with Gasteiger partial charge in [-0.15, -0.1) is 0 Å². The topological polar surface area (TPSA) is 46.4 Å². The summed E-state index contributed by atoms with van der Waals surface area (Å²) in [5.41, 5.74) is 0. The summed E-state index contributed by atoms with van der Waals surface area (Å²) < 4.78 is 0. The van der Waals surface area contributed by atoms with Crippen LogP contribution in [0.15, 0.2) is 0 Å². The predicted octanol–water partition coefficient (Wildman–Crippen LogP) is -0.467. The van der Waals surface area contributed by atoms with Crippen molar-refractivity contribution in [3.05, 3.63) is 0 Å². The van der Waals surface area contributed by atoms with Crippen LogP contribution in [0.25, 0.3) is 0 Å². The van der Waals surface area contributed by atoms with Crippen LogP contribution in [0.4, 0.5) is 0 Å². The fourth-order valence-electron chi connectivity index (χ4n) is 1.96. The van der Waals surface area contributed by atoms with E-state index in [0.717, 1.165) is 26.1 Å². The Morgan fingerprint density at radius 2 is 2.38 bits per heavy atom. The third-order valence-electron chi connectivity index (χ3n) is 2.70. The molecule has 0 aromatic heterocycles. The van der Waals surface area contributed by atoms with Gasteiger partial charge in [0.25, 0.3) is 0 Å². The number of piperidine rings is 1. The van der Waals surface area contributed by atoms with Crippen molar-refractivity contribution in [1.29, 1.82) is 0 Å². The van der Waals surface area contributed by atoms with E-state index in [9.17, 15) is 4.79 Å². The fourth-order valence-corrected chi connectivity index (χ4v) is 1.96. The van der Waals surface area contributed by atoms with E-state index in [1.807, 2.05) is 4.90 Å². The standard InChI is InChI=1S/C9H16N3O/c13-9-7-10-5-6-12(9)8-3-1-2-4-11-8/h8,10H,1-7H2. The number of amides is 1. The normalized spacial score (nSPS) is 30.6. The van der Waals surface area contributed by atoms with E-state index in [4.69, 9.17) is 0 Å². The lowest BCUT2D eigenvalue weighted by Crippen LogP contribution is -2.56. The van der Waals surface area contributed by atoms with Crippen LogP contribution >= 0.6 is 0 Å². The Balaban J connectivity index is 1.92. The summed E-state index contributed by atoms with van der Waals surface area (Å²) in [6, 6.07) is 0. The lowest BCUT2D eigenvalue weighted by molar-refractivity contribution is -0.135. The number of rotatable bonds is 1. The van der Waals surface area contributed by atoms with Gasteiger partial charge < -0.3 is 10.2 Å². The lowest BCUT2D eigenvalue weighted by atomic mass is 10.1. The molecule has 4 nitrogen and oxygen atoms in total. The molecule has 73 valence electrons. The highest BCUT2D eigenvalue weighted by molar-refractivity contribution is 5.79. The number of piperazine rings is 1. The molecule has 1 unspecified atom stereocenters. The molecule has 2 aliphatic heterocycles. The van der Waals surface area contributed by atoms with Crippen molar-refractivity contribution in [2.24, 2.45) is 0 Å². The van der Waals surface area contributed by atoms with Gasteiger partial charge in [-0.05, 0) is 19.3 Å². The first kappa shape index (κ1) is 8.97. The quantitative estimate of drug-likeness (QED) is 0.596. The molecule has 4 heteroatoms. The Hall–Kier alpha value is -0.610. The molecular formula is C9H16N3O. The van der Waals surface area contributed by atoms with Crippen LogP contribution in [0.1, 0.15) is 19.3 Å². The third-order valence-corrected chi connectivity index (χ3v) is 2.70. The maximum Gasteiger partial charge on any atom is 0.237 e. The molecule has 0 bridgehead atoms. The van der Waals surface area contributed by atoms with Crippen LogP contribution in [0.3, 0.4) is 0 Å². The van der Waals surface area contributed by atoms with Crippen LogP contribution in [0.2, 0.25) is 0 Å². The Kier molecular flexibility index (Phi) is 2.80. The molecule has 13 heavy (non-hydrogen) atoms. The van der Waals surface area contributed by atoms with E-state index in [2.05, 4.69) is 10.6 Å². The SMILES string of the molecule is O=C1CNCCN1C1CCCC[N]1. The Morgan fingerprint density at radius 1 is 1.46 bits per heavy atom. The summed E-state index contributed by atoms with van der Waals surface area (Å²) in [4.78, 5) is 13.4. The minimum absolute atomic E-state index is 0.184. The predicted molar refractivity (Wildman–Crippen MR) is 49.2 cm³/mol. The van der Waals surface area contributed by atoms with E-state index in [1.54, 1.807) is 0 Å². The largest absolute Gasteiger partial charge is 0.323 e. The molecule has 1 amide bonds. The van der Waals surface area contributed by atoms with Crippen molar-refractivity contribution in [2.45, 2.75) is 25.4 Å². The summed E-state index contributed by atoms with van der Waals surface area (Å²) in [6.45, 7) is 3.17. The van der Waals surface area contributed by atoms with E-state index < -0.39 is 0 Å². The molecule has 2 heterocycles. The summed E-state index contributed by atoms with van der Waals surface area (Å²) in [5, 5.41) is 7.55. The molecule has 0 saturated carbocycles. The lowest BCUT2D eigenvalue weighted by Gasteiger charge is -2.36. The Bertz CT molecular complexity index is 189. The summed E-state index contributed by atoms with van der Waals surface area (Å²) >= 11 is 0. The van der Waals surface area contributed by atoms with Gasteiger partial charge in [0, 0.05) is 19.6 Å². The number of carbonyl (C=O) groups excluding carboxylic acids is 1. The number of carbonyl (C=O) groups is 1. The number of nitrogens with one attached hydrogen (secondary N) is 1. The minimum Gasteiger partial charge on any atom is -0.323 e. The second-order valence-corrected chi connectivity index (χ2v) is 3.65. The number of hydrogen-bond donors (Lipinski definition) is 1. The second kappa shape index (κ2) is 4.07. The van der Waals surface area contributed by atoms with Gasteiger partial charge in [0.05, 0.1) is 12.7 Å². The van der Waals surface area contributed by atoms with Gasteiger partial charge >= 0.3 is 0 Å². The van der Waals surface area contributed by atoms with E-state index in [0.29, 0.717) is 6.54 Å². The molecule has 1 N–H and O–H groups in total. The number of hydrogen-bond acceptors (Lipinski definition) is 2. The molecule has 2 fully saturated rings. The zero-order valence-corrected chi connectivity index (χ0v) is 7.83. The van der Waals surface area contributed by atoms with Gasteiger partial charge in [-0.2, -0.15) is 0 Å². The zero-order chi connectivity index (χ0) is 9.10. The van der Waals surface area contributed by atoms with E-state index in [-0.39, 0.29) is 12.1 Å². The zero-order valence-electron chi connectivity index (χ0n) is 7.83. The Labute approximate surface area is 78.7 Å². The molecule has 2 saturated heterocycles. The minimum atomic E-state index is 0.184. The fraction of sp³-hybridized carbons (Fsp3) is 0.889. The van der Waals surface area contributed by atoms with Gasteiger partial charge in [-0.25, -0.2) is 5.32 Å². The van der Waals surface area contributed by atoms with Gasteiger partial charge in [-0.1, -0.05) is 0 Å². The van der Waals surface area contributed by atoms with Crippen molar-refractivity contribution in [3.63, 3.8) is 0 Å². The van der Waals surface area contributed by atoms with Crippen LogP contribution < -0.4 is 10.6 Å². The monoisotopic (exact) mass is 182 g/mol.